The van der Waals surface area contributed by atoms with Gasteiger partial charge in [0.05, 0.1) is 17.8 Å². The van der Waals surface area contributed by atoms with Crippen LogP contribution in [0.3, 0.4) is 0 Å². The highest BCUT2D eigenvalue weighted by Gasteiger charge is 2.42. The molecule has 1 N–H and O–H groups in total. The number of aryl methyl sites for hydroxylation is 4. The lowest BCUT2D eigenvalue weighted by Crippen LogP contribution is -2.29. The van der Waals surface area contributed by atoms with Crippen LogP contribution in [0.5, 0.6) is 0 Å². The first-order chi connectivity index (χ1) is 16.3. The van der Waals surface area contributed by atoms with Crippen molar-refractivity contribution < 1.29 is 0 Å². The minimum absolute atomic E-state index is 0.0478. The van der Waals surface area contributed by atoms with Crippen LogP contribution in [0.15, 0.2) is 67.0 Å². The van der Waals surface area contributed by atoms with Crippen molar-refractivity contribution in [3.63, 3.8) is 0 Å². The molecule has 172 valence electrons. The molecule has 0 saturated carbocycles. The van der Waals surface area contributed by atoms with E-state index < -0.39 is 0 Å². The number of aromatic nitrogens is 3. The third-order valence-corrected chi connectivity index (χ3v) is 6.82. The van der Waals surface area contributed by atoms with Gasteiger partial charge in [0.15, 0.2) is 5.11 Å². The van der Waals surface area contributed by atoms with E-state index in [1.807, 2.05) is 30.6 Å². The van der Waals surface area contributed by atoms with Gasteiger partial charge in [-0.3, -0.25) is 4.98 Å². The highest BCUT2D eigenvalue weighted by molar-refractivity contribution is 7.80. The van der Waals surface area contributed by atoms with Gasteiger partial charge in [-0.25, -0.2) is 4.98 Å². The van der Waals surface area contributed by atoms with E-state index in [0.717, 1.165) is 28.6 Å². The third kappa shape index (κ3) is 3.88. The molecule has 5 nitrogen and oxygen atoms in total. The lowest BCUT2D eigenvalue weighted by molar-refractivity contribution is 0.565. The molecular formula is C28H29N5S. The second kappa shape index (κ2) is 8.69. The maximum atomic E-state index is 5.92. The van der Waals surface area contributed by atoms with Crippen LogP contribution in [0, 0.1) is 34.6 Å². The smallest absolute Gasteiger partial charge is 0.174 e. The molecule has 0 bridgehead atoms. The van der Waals surface area contributed by atoms with E-state index in [2.05, 4.69) is 90.8 Å². The number of anilines is 1. The molecule has 4 heterocycles. The SMILES string of the molecule is Cc1cc(C)cc(N2C(=S)N[C@H](c3ccccn3)[C@@H]2c2cc(C)n(-c3cc(C)ccn3)c2C)c1. The molecule has 0 spiro atoms. The van der Waals surface area contributed by atoms with E-state index in [1.54, 1.807) is 0 Å². The Balaban J connectivity index is 1.70. The van der Waals surface area contributed by atoms with Gasteiger partial charge in [0, 0.05) is 29.5 Å². The Bertz CT molecular complexity index is 1350. The highest BCUT2D eigenvalue weighted by Crippen LogP contribution is 2.44. The molecule has 0 unspecified atom stereocenters. The zero-order valence-corrected chi connectivity index (χ0v) is 21.0. The monoisotopic (exact) mass is 467 g/mol. The number of hydrogen-bond acceptors (Lipinski definition) is 3. The Morgan fingerprint density at radius 3 is 2.26 bits per heavy atom. The van der Waals surface area contributed by atoms with Gasteiger partial charge in [-0.15, -0.1) is 0 Å². The number of pyridine rings is 2. The number of nitrogens with zero attached hydrogens (tertiary/aromatic N) is 4. The van der Waals surface area contributed by atoms with E-state index in [0.29, 0.717) is 5.11 Å². The summed E-state index contributed by atoms with van der Waals surface area (Å²) in [6.45, 7) is 10.7. The molecule has 1 aromatic carbocycles. The maximum Gasteiger partial charge on any atom is 0.174 e. The van der Waals surface area contributed by atoms with Crippen molar-refractivity contribution in [2.75, 3.05) is 4.90 Å². The van der Waals surface area contributed by atoms with Gasteiger partial charge in [0.2, 0.25) is 0 Å². The van der Waals surface area contributed by atoms with Crippen LogP contribution in [0.2, 0.25) is 0 Å². The Hall–Kier alpha value is -3.51. The lowest BCUT2D eigenvalue weighted by Gasteiger charge is -2.28. The molecule has 4 aromatic rings. The molecule has 0 radical (unpaired) electrons. The van der Waals surface area contributed by atoms with Gasteiger partial charge in [-0.2, -0.15) is 0 Å². The Labute approximate surface area is 206 Å². The second-order valence-electron chi connectivity index (χ2n) is 9.20. The van der Waals surface area contributed by atoms with Crippen LogP contribution in [-0.4, -0.2) is 19.6 Å². The molecule has 34 heavy (non-hydrogen) atoms. The zero-order valence-electron chi connectivity index (χ0n) is 20.2. The normalized spacial score (nSPS) is 17.8. The van der Waals surface area contributed by atoms with Crippen LogP contribution in [0.25, 0.3) is 5.82 Å². The number of benzene rings is 1. The summed E-state index contributed by atoms with van der Waals surface area (Å²) in [6, 6.07) is 18.9. The fourth-order valence-corrected chi connectivity index (χ4v) is 5.47. The summed E-state index contributed by atoms with van der Waals surface area (Å²) in [5, 5.41) is 4.29. The lowest BCUT2D eigenvalue weighted by atomic mass is 9.96. The number of rotatable bonds is 4. The summed E-state index contributed by atoms with van der Waals surface area (Å²) in [6.07, 6.45) is 3.71. The molecule has 0 aliphatic carbocycles. The fraction of sp³-hybridized carbons (Fsp3) is 0.250. The van der Waals surface area contributed by atoms with E-state index in [-0.39, 0.29) is 12.1 Å². The quantitative estimate of drug-likeness (QED) is 0.374. The van der Waals surface area contributed by atoms with Gasteiger partial charge < -0.3 is 14.8 Å². The molecule has 1 saturated heterocycles. The van der Waals surface area contributed by atoms with Gasteiger partial charge in [0.25, 0.3) is 0 Å². The Morgan fingerprint density at radius 1 is 0.824 bits per heavy atom. The van der Waals surface area contributed by atoms with Crippen LogP contribution >= 0.6 is 12.2 Å². The Morgan fingerprint density at radius 2 is 1.59 bits per heavy atom. The number of nitrogens with one attached hydrogen (secondary N) is 1. The maximum absolute atomic E-state index is 5.92. The third-order valence-electron chi connectivity index (χ3n) is 6.50. The molecule has 1 fully saturated rings. The summed E-state index contributed by atoms with van der Waals surface area (Å²) >= 11 is 5.92. The predicted octanol–water partition coefficient (Wildman–Crippen LogP) is 5.99. The van der Waals surface area contributed by atoms with Crippen molar-refractivity contribution in [3.8, 4) is 5.82 Å². The first-order valence-corrected chi connectivity index (χ1v) is 11.9. The van der Waals surface area contributed by atoms with Crippen LogP contribution in [0.4, 0.5) is 5.69 Å². The molecule has 6 heteroatoms. The number of thiocarbonyl (C=S) groups is 1. The summed E-state index contributed by atoms with van der Waals surface area (Å²) in [4.78, 5) is 11.6. The van der Waals surface area contributed by atoms with Gasteiger partial charge in [-0.1, -0.05) is 12.1 Å². The first-order valence-electron chi connectivity index (χ1n) is 11.5. The van der Waals surface area contributed by atoms with Gasteiger partial charge >= 0.3 is 0 Å². The molecule has 1 aliphatic rings. The largest absolute Gasteiger partial charge is 0.351 e. The molecule has 2 atom stereocenters. The topological polar surface area (TPSA) is 46.0 Å². The van der Waals surface area contributed by atoms with E-state index >= 15 is 0 Å². The van der Waals surface area contributed by atoms with Gasteiger partial charge in [-0.05, 0) is 112 Å². The fourth-order valence-electron chi connectivity index (χ4n) is 5.12. The van der Waals surface area contributed by atoms with Crippen molar-refractivity contribution in [1.82, 2.24) is 19.9 Å². The first kappa shape index (κ1) is 22.3. The van der Waals surface area contributed by atoms with Crippen molar-refractivity contribution >= 4 is 23.0 Å². The average molecular weight is 468 g/mol. The van der Waals surface area contributed by atoms with Crippen LogP contribution in [-0.2, 0) is 0 Å². The minimum Gasteiger partial charge on any atom is -0.351 e. The van der Waals surface area contributed by atoms with Crippen molar-refractivity contribution in [2.24, 2.45) is 0 Å². The summed E-state index contributed by atoms with van der Waals surface area (Å²) in [5.41, 5.74) is 9.19. The standard InChI is InChI=1S/C28H29N5S/c1-17-9-11-30-25(15-17)32-20(4)16-23(21(32)5)27-26(24-8-6-7-10-29-24)31-28(34)33(27)22-13-18(2)12-19(3)14-22/h6-16,26-27H,1-5H3,(H,31,34)/t26-,27+/m1/s1. The van der Waals surface area contributed by atoms with Crippen LogP contribution in [0.1, 0.15) is 51.4 Å². The zero-order chi connectivity index (χ0) is 24.0. The minimum atomic E-state index is -0.0751. The summed E-state index contributed by atoms with van der Waals surface area (Å²) < 4.78 is 2.23. The van der Waals surface area contributed by atoms with Crippen molar-refractivity contribution in [1.29, 1.82) is 0 Å². The summed E-state index contributed by atoms with van der Waals surface area (Å²) in [5.74, 6) is 0.933. The molecular weight excluding hydrogens is 438 g/mol. The predicted molar refractivity (Wildman–Crippen MR) is 142 cm³/mol. The molecule has 0 amide bonds. The molecule has 1 aliphatic heterocycles. The summed E-state index contributed by atoms with van der Waals surface area (Å²) in [7, 11) is 0. The van der Waals surface area contributed by atoms with E-state index in [1.165, 1.54) is 22.3 Å². The molecule has 3 aromatic heterocycles. The van der Waals surface area contributed by atoms with Crippen molar-refractivity contribution in [3.05, 3.63) is 106 Å². The van der Waals surface area contributed by atoms with E-state index in [4.69, 9.17) is 17.2 Å². The Kier molecular flexibility index (Phi) is 5.70. The van der Waals surface area contributed by atoms with Crippen LogP contribution < -0.4 is 10.2 Å². The highest BCUT2D eigenvalue weighted by atomic mass is 32.1. The second-order valence-corrected chi connectivity index (χ2v) is 9.58. The average Bonchev–Trinajstić information content (AvgIpc) is 3.29. The molecule has 5 rings (SSSR count). The number of hydrogen-bond donors (Lipinski definition) is 1. The van der Waals surface area contributed by atoms with Gasteiger partial charge in [0.1, 0.15) is 5.82 Å². The van der Waals surface area contributed by atoms with E-state index in [9.17, 15) is 0 Å². The van der Waals surface area contributed by atoms with Crippen molar-refractivity contribution in [2.45, 2.75) is 46.7 Å².